The Morgan fingerprint density at radius 1 is 1.41 bits per heavy atom. The summed E-state index contributed by atoms with van der Waals surface area (Å²) in [6.07, 6.45) is 1.73. The molecule has 2 aromatic heterocycles. The number of rotatable bonds is 5. The maximum Gasteiger partial charge on any atom is 0.336 e. The quantitative estimate of drug-likeness (QED) is 0.720. The molecule has 3 aromatic rings. The van der Waals surface area contributed by atoms with Gasteiger partial charge in [0.1, 0.15) is 5.58 Å². The van der Waals surface area contributed by atoms with Crippen molar-refractivity contribution in [2.75, 3.05) is 12.4 Å². The SMILES string of the molecule is COCc1cc(=O)oc2cc(NCc3cnc(Cl)s3)ccc12. The molecular weight excluding hydrogens is 324 g/mol. The zero-order chi connectivity index (χ0) is 15.5. The summed E-state index contributed by atoms with van der Waals surface area (Å²) in [7, 11) is 1.59. The number of ether oxygens (including phenoxy) is 1. The van der Waals surface area contributed by atoms with Crippen LogP contribution in [0.1, 0.15) is 10.4 Å². The van der Waals surface area contributed by atoms with Gasteiger partial charge in [0.05, 0.1) is 13.2 Å². The van der Waals surface area contributed by atoms with Crippen molar-refractivity contribution in [3.05, 3.63) is 55.8 Å². The second kappa shape index (κ2) is 6.48. The Morgan fingerprint density at radius 3 is 3.00 bits per heavy atom. The topological polar surface area (TPSA) is 64.4 Å². The average Bonchev–Trinajstić information content (AvgIpc) is 2.90. The minimum atomic E-state index is -0.383. The van der Waals surface area contributed by atoms with Gasteiger partial charge in [-0.2, -0.15) is 0 Å². The molecule has 0 aliphatic heterocycles. The van der Waals surface area contributed by atoms with E-state index in [-0.39, 0.29) is 5.63 Å². The van der Waals surface area contributed by atoms with Crippen LogP contribution in [0.5, 0.6) is 0 Å². The van der Waals surface area contributed by atoms with Crippen LogP contribution >= 0.6 is 22.9 Å². The van der Waals surface area contributed by atoms with Crippen LogP contribution in [0.3, 0.4) is 0 Å². The van der Waals surface area contributed by atoms with Crippen LogP contribution in [-0.2, 0) is 17.9 Å². The number of hydrogen-bond acceptors (Lipinski definition) is 6. The number of fused-ring (bicyclic) bond motifs is 1. The Labute approximate surface area is 135 Å². The normalized spacial score (nSPS) is 11.0. The molecule has 7 heteroatoms. The van der Waals surface area contributed by atoms with Gasteiger partial charge in [0.2, 0.25) is 0 Å². The zero-order valence-corrected chi connectivity index (χ0v) is 13.3. The van der Waals surface area contributed by atoms with E-state index in [1.54, 1.807) is 19.4 Å². The first-order chi connectivity index (χ1) is 10.7. The number of nitrogens with zero attached hydrogens (tertiary/aromatic N) is 1. The second-order valence-electron chi connectivity index (χ2n) is 4.67. The summed E-state index contributed by atoms with van der Waals surface area (Å²) in [4.78, 5) is 16.6. The van der Waals surface area contributed by atoms with Crippen LogP contribution in [0.25, 0.3) is 11.0 Å². The summed E-state index contributed by atoms with van der Waals surface area (Å²) >= 11 is 7.23. The van der Waals surface area contributed by atoms with Gasteiger partial charge in [-0.15, -0.1) is 11.3 Å². The van der Waals surface area contributed by atoms with Gasteiger partial charge in [-0.05, 0) is 17.7 Å². The fourth-order valence-electron chi connectivity index (χ4n) is 2.17. The number of hydrogen-bond donors (Lipinski definition) is 1. The molecule has 0 fully saturated rings. The van der Waals surface area contributed by atoms with E-state index in [2.05, 4.69) is 10.3 Å². The van der Waals surface area contributed by atoms with E-state index in [4.69, 9.17) is 20.8 Å². The van der Waals surface area contributed by atoms with Crippen molar-refractivity contribution in [3.8, 4) is 0 Å². The molecule has 0 spiro atoms. The highest BCUT2D eigenvalue weighted by Crippen LogP contribution is 2.23. The molecule has 1 aromatic carbocycles. The Kier molecular flexibility index (Phi) is 4.42. The highest BCUT2D eigenvalue weighted by atomic mass is 35.5. The van der Waals surface area contributed by atoms with Gasteiger partial charge in [-0.3, -0.25) is 0 Å². The number of benzene rings is 1. The fourth-order valence-corrected chi connectivity index (χ4v) is 3.09. The first kappa shape index (κ1) is 15.0. The summed E-state index contributed by atoms with van der Waals surface area (Å²) in [6, 6.07) is 7.11. The zero-order valence-electron chi connectivity index (χ0n) is 11.8. The van der Waals surface area contributed by atoms with Gasteiger partial charge in [0.25, 0.3) is 0 Å². The van der Waals surface area contributed by atoms with Crippen molar-refractivity contribution in [2.45, 2.75) is 13.2 Å². The number of methoxy groups -OCH3 is 1. The van der Waals surface area contributed by atoms with Crippen LogP contribution < -0.4 is 10.9 Å². The first-order valence-electron chi connectivity index (χ1n) is 6.55. The molecule has 3 rings (SSSR count). The lowest BCUT2D eigenvalue weighted by atomic mass is 10.1. The molecule has 0 atom stereocenters. The molecule has 1 N–H and O–H groups in total. The summed E-state index contributed by atoms with van der Waals surface area (Å²) in [6.45, 7) is 0.978. The van der Waals surface area contributed by atoms with Crippen LogP contribution in [0.2, 0.25) is 4.47 Å². The van der Waals surface area contributed by atoms with Crippen molar-refractivity contribution in [1.82, 2.24) is 4.98 Å². The van der Waals surface area contributed by atoms with E-state index >= 15 is 0 Å². The summed E-state index contributed by atoms with van der Waals surface area (Å²) in [5, 5.41) is 4.12. The summed E-state index contributed by atoms with van der Waals surface area (Å²) < 4.78 is 10.9. The van der Waals surface area contributed by atoms with E-state index in [1.807, 2.05) is 12.1 Å². The smallest absolute Gasteiger partial charge is 0.336 e. The van der Waals surface area contributed by atoms with Crippen molar-refractivity contribution >= 4 is 39.6 Å². The van der Waals surface area contributed by atoms with Crippen LogP contribution in [0, 0.1) is 0 Å². The van der Waals surface area contributed by atoms with E-state index in [0.717, 1.165) is 21.5 Å². The van der Waals surface area contributed by atoms with Crippen molar-refractivity contribution in [3.63, 3.8) is 0 Å². The molecule has 0 radical (unpaired) electrons. The number of nitrogens with one attached hydrogen (secondary N) is 1. The Hall–Kier alpha value is -1.89. The molecule has 0 amide bonds. The maximum absolute atomic E-state index is 11.6. The van der Waals surface area contributed by atoms with E-state index in [1.165, 1.54) is 17.4 Å². The van der Waals surface area contributed by atoms with E-state index in [9.17, 15) is 4.79 Å². The molecule has 22 heavy (non-hydrogen) atoms. The molecule has 0 unspecified atom stereocenters. The fraction of sp³-hybridized carbons (Fsp3) is 0.200. The van der Waals surface area contributed by atoms with Gasteiger partial charge < -0.3 is 14.5 Å². The van der Waals surface area contributed by atoms with Gasteiger partial charge in [-0.25, -0.2) is 9.78 Å². The molecule has 0 saturated heterocycles. The van der Waals surface area contributed by atoms with E-state index in [0.29, 0.717) is 23.2 Å². The summed E-state index contributed by atoms with van der Waals surface area (Å²) in [5.74, 6) is 0. The van der Waals surface area contributed by atoms with Crippen molar-refractivity contribution in [2.24, 2.45) is 0 Å². The summed E-state index contributed by atoms with van der Waals surface area (Å²) in [5.41, 5.74) is 1.82. The molecule has 2 heterocycles. The second-order valence-corrected chi connectivity index (χ2v) is 6.37. The number of halogens is 1. The standard InChI is InChI=1S/C15H13ClN2O3S/c1-20-8-9-4-14(19)21-13-5-10(2-3-12(9)13)17-6-11-7-18-15(16)22-11/h2-5,7,17H,6,8H2,1H3. The minimum absolute atomic E-state index is 0.369. The van der Waals surface area contributed by atoms with E-state index < -0.39 is 0 Å². The van der Waals surface area contributed by atoms with Gasteiger partial charge in [-0.1, -0.05) is 11.6 Å². The lowest BCUT2D eigenvalue weighted by molar-refractivity contribution is 0.185. The third kappa shape index (κ3) is 3.30. The van der Waals surface area contributed by atoms with Crippen LogP contribution in [0.15, 0.2) is 39.7 Å². The lowest BCUT2D eigenvalue weighted by Gasteiger charge is -2.08. The maximum atomic E-state index is 11.6. The van der Waals surface area contributed by atoms with Crippen molar-refractivity contribution < 1.29 is 9.15 Å². The molecule has 0 aliphatic carbocycles. The largest absolute Gasteiger partial charge is 0.423 e. The van der Waals surface area contributed by atoms with Gasteiger partial charge in [0.15, 0.2) is 4.47 Å². The number of anilines is 1. The Balaban J connectivity index is 1.87. The third-order valence-electron chi connectivity index (χ3n) is 3.12. The average molecular weight is 337 g/mol. The van der Waals surface area contributed by atoms with Crippen molar-refractivity contribution in [1.29, 1.82) is 0 Å². The molecule has 5 nitrogen and oxygen atoms in total. The highest BCUT2D eigenvalue weighted by Gasteiger charge is 2.07. The molecule has 0 aliphatic rings. The molecule has 0 saturated carbocycles. The molecule has 114 valence electrons. The Morgan fingerprint density at radius 2 is 2.27 bits per heavy atom. The predicted octanol–water partition coefficient (Wildman–Crippen LogP) is 3.66. The first-order valence-corrected chi connectivity index (χ1v) is 7.75. The lowest BCUT2D eigenvalue weighted by Crippen LogP contribution is -2.02. The Bertz CT molecular complexity index is 859. The van der Waals surface area contributed by atoms with Crippen LogP contribution in [0.4, 0.5) is 5.69 Å². The van der Waals surface area contributed by atoms with Gasteiger partial charge >= 0.3 is 5.63 Å². The molecular formula is C15H13ClN2O3S. The number of thiazole rings is 1. The predicted molar refractivity (Wildman–Crippen MR) is 87.6 cm³/mol. The molecule has 0 bridgehead atoms. The highest BCUT2D eigenvalue weighted by molar-refractivity contribution is 7.15. The van der Waals surface area contributed by atoms with Gasteiger partial charge in [0, 0.05) is 41.4 Å². The van der Waals surface area contributed by atoms with Crippen LogP contribution in [-0.4, -0.2) is 12.1 Å². The minimum Gasteiger partial charge on any atom is -0.423 e. The third-order valence-corrected chi connectivity index (χ3v) is 4.24. The number of aromatic nitrogens is 1. The monoisotopic (exact) mass is 336 g/mol.